The molecule has 0 aliphatic rings. The second-order valence-electron chi connectivity index (χ2n) is 4.80. The van der Waals surface area contributed by atoms with Gasteiger partial charge in [0.25, 0.3) is 0 Å². The van der Waals surface area contributed by atoms with Gasteiger partial charge in [-0.2, -0.15) is 0 Å². The fourth-order valence-corrected chi connectivity index (χ4v) is 2.19. The number of hydrogen-bond donors (Lipinski definition) is 1. The van der Waals surface area contributed by atoms with E-state index in [9.17, 15) is 4.79 Å². The van der Waals surface area contributed by atoms with Crippen LogP contribution in [0.25, 0.3) is 10.8 Å². The molecule has 0 atom stereocenters. The highest BCUT2D eigenvalue weighted by molar-refractivity contribution is 5.94. The maximum atomic E-state index is 10.9. The zero-order valence-electron chi connectivity index (χ0n) is 11.7. The van der Waals surface area contributed by atoms with Crippen LogP contribution in [0.4, 0.5) is 0 Å². The molecule has 3 nitrogen and oxygen atoms in total. The van der Waals surface area contributed by atoms with Gasteiger partial charge in [-0.25, -0.2) is 4.79 Å². The Morgan fingerprint density at radius 3 is 2.32 bits per heavy atom. The second kappa shape index (κ2) is 6.96. The van der Waals surface area contributed by atoms with Gasteiger partial charge in [0.05, 0.1) is 5.56 Å². The summed E-state index contributed by atoms with van der Waals surface area (Å²) in [6.45, 7) is 0.513. The summed E-state index contributed by atoms with van der Waals surface area (Å²) >= 11 is 0. The van der Waals surface area contributed by atoms with Crippen LogP contribution in [-0.4, -0.2) is 11.1 Å². The highest BCUT2D eigenvalue weighted by atomic mass is 35.5. The van der Waals surface area contributed by atoms with Crippen molar-refractivity contribution in [1.29, 1.82) is 0 Å². The van der Waals surface area contributed by atoms with E-state index in [0.29, 0.717) is 12.2 Å². The fraction of sp³-hybridized carbons (Fsp3) is 0.0556. The topological polar surface area (TPSA) is 46.5 Å². The Hall–Kier alpha value is -2.52. The number of aromatic carboxylic acids is 1. The highest BCUT2D eigenvalue weighted by Crippen LogP contribution is 2.23. The van der Waals surface area contributed by atoms with Crippen LogP contribution in [0.5, 0.6) is 5.75 Å². The summed E-state index contributed by atoms with van der Waals surface area (Å²) in [5, 5.41) is 10.8. The molecule has 3 aromatic carbocycles. The quantitative estimate of drug-likeness (QED) is 0.769. The predicted octanol–water partition coefficient (Wildman–Crippen LogP) is 4.54. The molecule has 4 heteroatoms. The van der Waals surface area contributed by atoms with Crippen molar-refractivity contribution in [3.05, 3.63) is 77.9 Å². The number of ether oxygens (including phenoxy) is 1. The standard InChI is InChI=1S/C18H14O3.ClH/c19-18(20)16-7-6-15-11-17(9-8-14(15)10-16)21-12-13-4-2-1-3-5-13;/h1-11H,12H2,(H,19,20);1H. The number of rotatable bonds is 4. The van der Waals surface area contributed by atoms with Gasteiger partial charge in [-0.15, -0.1) is 12.4 Å². The molecule has 3 aromatic rings. The molecule has 22 heavy (non-hydrogen) atoms. The smallest absolute Gasteiger partial charge is 0.335 e. The first-order valence-corrected chi connectivity index (χ1v) is 6.66. The van der Waals surface area contributed by atoms with Gasteiger partial charge in [-0.1, -0.05) is 42.5 Å². The Balaban J connectivity index is 0.00000176. The third-order valence-corrected chi connectivity index (χ3v) is 3.31. The van der Waals surface area contributed by atoms with Crippen LogP contribution in [0.2, 0.25) is 0 Å². The molecular weight excluding hydrogens is 300 g/mol. The van der Waals surface area contributed by atoms with Crippen molar-refractivity contribution >= 4 is 29.1 Å². The SMILES string of the molecule is Cl.O=C(O)c1ccc2cc(OCc3ccccc3)ccc2c1. The van der Waals surface area contributed by atoms with E-state index in [1.165, 1.54) is 0 Å². The van der Waals surface area contributed by atoms with Crippen LogP contribution < -0.4 is 4.74 Å². The lowest BCUT2D eigenvalue weighted by Gasteiger charge is -2.08. The first-order valence-electron chi connectivity index (χ1n) is 6.66. The molecule has 1 N–H and O–H groups in total. The number of carboxylic acids is 1. The molecule has 0 amide bonds. The van der Waals surface area contributed by atoms with Gasteiger partial charge in [0.1, 0.15) is 12.4 Å². The molecule has 0 aliphatic carbocycles. The van der Waals surface area contributed by atoms with Gasteiger partial charge in [0.2, 0.25) is 0 Å². The van der Waals surface area contributed by atoms with E-state index in [2.05, 4.69) is 0 Å². The van der Waals surface area contributed by atoms with E-state index < -0.39 is 5.97 Å². The number of carbonyl (C=O) groups is 1. The Bertz CT molecular complexity index is 785. The Morgan fingerprint density at radius 1 is 0.909 bits per heavy atom. The van der Waals surface area contributed by atoms with E-state index in [1.807, 2.05) is 48.5 Å². The largest absolute Gasteiger partial charge is 0.489 e. The molecule has 0 heterocycles. The first kappa shape index (κ1) is 15.9. The monoisotopic (exact) mass is 314 g/mol. The van der Waals surface area contributed by atoms with Crippen molar-refractivity contribution in [2.75, 3.05) is 0 Å². The average Bonchev–Trinajstić information content (AvgIpc) is 2.53. The summed E-state index contributed by atoms with van der Waals surface area (Å²) < 4.78 is 5.76. The van der Waals surface area contributed by atoms with Crippen molar-refractivity contribution in [2.45, 2.75) is 6.61 Å². The van der Waals surface area contributed by atoms with Crippen LogP contribution >= 0.6 is 12.4 Å². The number of halogens is 1. The summed E-state index contributed by atoms with van der Waals surface area (Å²) in [6.07, 6.45) is 0. The predicted molar refractivity (Wildman–Crippen MR) is 88.9 cm³/mol. The van der Waals surface area contributed by atoms with Crippen molar-refractivity contribution in [2.24, 2.45) is 0 Å². The molecule has 0 aliphatic heterocycles. The van der Waals surface area contributed by atoms with Gasteiger partial charge in [0.15, 0.2) is 0 Å². The number of benzene rings is 3. The maximum Gasteiger partial charge on any atom is 0.335 e. The molecule has 112 valence electrons. The highest BCUT2D eigenvalue weighted by Gasteiger charge is 2.04. The van der Waals surface area contributed by atoms with Crippen molar-refractivity contribution in [1.82, 2.24) is 0 Å². The van der Waals surface area contributed by atoms with Crippen LogP contribution in [-0.2, 0) is 6.61 Å². The Labute approximate surface area is 134 Å². The van der Waals surface area contributed by atoms with E-state index in [1.54, 1.807) is 18.2 Å². The van der Waals surface area contributed by atoms with E-state index in [0.717, 1.165) is 22.1 Å². The average molecular weight is 315 g/mol. The minimum absolute atomic E-state index is 0. The van der Waals surface area contributed by atoms with Crippen molar-refractivity contribution in [3.63, 3.8) is 0 Å². The number of fused-ring (bicyclic) bond motifs is 1. The zero-order valence-corrected chi connectivity index (χ0v) is 12.5. The lowest BCUT2D eigenvalue weighted by atomic mass is 10.1. The summed E-state index contributed by atoms with van der Waals surface area (Å²) in [5.74, 6) is -0.143. The third-order valence-electron chi connectivity index (χ3n) is 3.31. The van der Waals surface area contributed by atoms with Gasteiger partial charge in [0, 0.05) is 0 Å². The van der Waals surface area contributed by atoms with Crippen LogP contribution in [0.1, 0.15) is 15.9 Å². The number of hydrogen-bond acceptors (Lipinski definition) is 2. The van der Waals surface area contributed by atoms with Crippen molar-refractivity contribution in [3.8, 4) is 5.75 Å². The van der Waals surface area contributed by atoms with Gasteiger partial charge in [-0.05, 0) is 40.6 Å². The third kappa shape index (κ3) is 3.57. The molecule has 0 saturated heterocycles. The molecule has 0 spiro atoms. The molecule has 0 unspecified atom stereocenters. The summed E-state index contributed by atoms with van der Waals surface area (Å²) in [5.41, 5.74) is 1.40. The van der Waals surface area contributed by atoms with Gasteiger partial charge < -0.3 is 9.84 Å². The van der Waals surface area contributed by atoms with Crippen molar-refractivity contribution < 1.29 is 14.6 Å². The molecule has 0 saturated carbocycles. The molecule has 0 fully saturated rings. The zero-order chi connectivity index (χ0) is 14.7. The molecular formula is C18H15ClO3. The molecule has 0 aromatic heterocycles. The minimum Gasteiger partial charge on any atom is -0.489 e. The van der Waals surface area contributed by atoms with E-state index >= 15 is 0 Å². The molecule has 0 radical (unpaired) electrons. The molecule has 3 rings (SSSR count). The number of carboxylic acid groups (broad SMARTS) is 1. The second-order valence-corrected chi connectivity index (χ2v) is 4.80. The lowest BCUT2D eigenvalue weighted by molar-refractivity contribution is 0.0697. The Morgan fingerprint density at radius 2 is 1.59 bits per heavy atom. The minimum atomic E-state index is -0.915. The fourth-order valence-electron chi connectivity index (χ4n) is 2.19. The lowest BCUT2D eigenvalue weighted by Crippen LogP contribution is -1.96. The first-order chi connectivity index (χ1) is 10.2. The molecule has 0 bridgehead atoms. The van der Waals surface area contributed by atoms with Crippen LogP contribution in [0.15, 0.2) is 66.7 Å². The Kier molecular flexibility index (Phi) is 5.02. The summed E-state index contributed by atoms with van der Waals surface area (Å²) in [6, 6.07) is 20.7. The van der Waals surface area contributed by atoms with Crippen LogP contribution in [0.3, 0.4) is 0 Å². The van der Waals surface area contributed by atoms with Crippen LogP contribution in [0, 0.1) is 0 Å². The normalized spacial score (nSPS) is 10.0. The van der Waals surface area contributed by atoms with E-state index in [-0.39, 0.29) is 12.4 Å². The van der Waals surface area contributed by atoms with E-state index in [4.69, 9.17) is 9.84 Å². The summed E-state index contributed by atoms with van der Waals surface area (Å²) in [7, 11) is 0. The summed E-state index contributed by atoms with van der Waals surface area (Å²) in [4.78, 5) is 10.9. The van der Waals surface area contributed by atoms with Gasteiger partial charge in [-0.3, -0.25) is 0 Å². The maximum absolute atomic E-state index is 10.9. The van der Waals surface area contributed by atoms with Gasteiger partial charge >= 0.3 is 5.97 Å².